The fourth-order valence-electron chi connectivity index (χ4n) is 2.32. The molecule has 1 aliphatic heterocycles. The number of alkyl halides is 3. The highest BCUT2D eigenvalue weighted by atomic mass is 32.2. The number of thioether (sulfide) groups is 1. The summed E-state index contributed by atoms with van der Waals surface area (Å²) in [5, 5.41) is 5.79. The first kappa shape index (κ1) is 18.9. The summed E-state index contributed by atoms with van der Waals surface area (Å²) in [6.07, 6.45) is -3.53. The van der Waals surface area contributed by atoms with Crippen molar-refractivity contribution in [2.75, 3.05) is 30.0 Å². The van der Waals surface area contributed by atoms with Crippen molar-refractivity contribution >= 4 is 23.4 Å². The number of halogens is 3. The first-order valence-electron chi connectivity index (χ1n) is 7.85. The molecule has 0 spiro atoms. The zero-order chi connectivity index (χ0) is 17.6. The second-order valence-corrected chi connectivity index (χ2v) is 6.69. The zero-order valence-electron chi connectivity index (χ0n) is 13.4. The van der Waals surface area contributed by atoms with Crippen molar-refractivity contribution in [1.82, 2.24) is 5.32 Å². The van der Waals surface area contributed by atoms with Crippen LogP contribution in [0.4, 0.5) is 18.9 Å². The molecule has 0 aliphatic carbocycles. The molecule has 2 rings (SSSR count). The number of hydrogen-bond acceptors (Lipinski definition) is 4. The molecule has 8 heteroatoms. The Labute approximate surface area is 143 Å². The standard InChI is InChI=1S/C16H21F3N2O2S/c1-2-6-23-14-4-3-11(16(17,18)19)8-13(14)21-15(22)9-12-10-24-7-5-20-12/h3-4,8,12,20H,2,5-7,9-10H2,1H3,(H,21,22). The minimum atomic E-state index is -4.47. The summed E-state index contributed by atoms with van der Waals surface area (Å²) in [4.78, 5) is 12.2. The number of carbonyl (C=O) groups excluding carboxylic acids is 1. The Kier molecular flexibility index (Phi) is 6.79. The van der Waals surface area contributed by atoms with Gasteiger partial charge in [0.2, 0.25) is 5.91 Å². The summed E-state index contributed by atoms with van der Waals surface area (Å²) in [6.45, 7) is 3.10. The van der Waals surface area contributed by atoms with E-state index in [-0.39, 0.29) is 29.8 Å². The molecule has 1 fully saturated rings. The van der Waals surface area contributed by atoms with E-state index in [1.54, 1.807) is 11.8 Å². The summed E-state index contributed by atoms with van der Waals surface area (Å²) >= 11 is 1.76. The topological polar surface area (TPSA) is 50.4 Å². The maximum absolute atomic E-state index is 12.9. The van der Waals surface area contributed by atoms with Gasteiger partial charge in [-0.25, -0.2) is 0 Å². The van der Waals surface area contributed by atoms with Gasteiger partial charge in [-0.05, 0) is 24.6 Å². The molecule has 0 bridgehead atoms. The number of hydrogen-bond donors (Lipinski definition) is 2. The predicted octanol–water partition coefficient (Wildman–Crippen LogP) is 3.53. The maximum Gasteiger partial charge on any atom is 0.416 e. The van der Waals surface area contributed by atoms with Crippen LogP contribution in [0, 0.1) is 0 Å². The van der Waals surface area contributed by atoms with Crippen LogP contribution < -0.4 is 15.4 Å². The van der Waals surface area contributed by atoms with E-state index in [2.05, 4.69) is 10.6 Å². The third-order valence-electron chi connectivity index (χ3n) is 3.47. The Morgan fingerprint density at radius 3 is 2.88 bits per heavy atom. The van der Waals surface area contributed by atoms with Crippen LogP contribution in [0.1, 0.15) is 25.3 Å². The van der Waals surface area contributed by atoms with Gasteiger partial charge in [-0.3, -0.25) is 4.79 Å². The van der Waals surface area contributed by atoms with Crippen LogP contribution >= 0.6 is 11.8 Å². The first-order valence-corrected chi connectivity index (χ1v) is 9.00. The van der Waals surface area contributed by atoms with Crippen molar-refractivity contribution in [3.8, 4) is 5.75 Å². The van der Waals surface area contributed by atoms with Crippen molar-refractivity contribution < 1.29 is 22.7 Å². The van der Waals surface area contributed by atoms with E-state index in [1.807, 2.05) is 6.92 Å². The zero-order valence-corrected chi connectivity index (χ0v) is 14.2. The number of amides is 1. The molecular formula is C16H21F3N2O2S. The first-order chi connectivity index (χ1) is 11.4. The molecule has 2 N–H and O–H groups in total. The molecule has 1 amide bonds. The van der Waals surface area contributed by atoms with Gasteiger partial charge in [0.15, 0.2) is 0 Å². The molecule has 4 nitrogen and oxygen atoms in total. The number of rotatable bonds is 6. The second-order valence-electron chi connectivity index (χ2n) is 5.54. The number of nitrogens with one attached hydrogen (secondary N) is 2. The van der Waals surface area contributed by atoms with Crippen LogP contribution in [0.15, 0.2) is 18.2 Å². The SMILES string of the molecule is CCCOc1ccc(C(F)(F)F)cc1NC(=O)CC1CSCCN1. The van der Waals surface area contributed by atoms with Gasteiger partial charge in [0.1, 0.15) is 5.75 Å². The Balaban J connectivity index is 2.10. The van der Waals surface area contributed by atoms with E-state index in [0.717, 1.165) is 36.6 Å². The molecule has 1 atom stereocenters. The van der Waals surface area contributed by atoms with E-state index < -0.39 is 11.7 Å². The lowest BCUT2D eigenvalue weighted by Gasteiger charge is -2.23. The summed E-state index contributed by atoms with van der Waals surface area (Å²) in [5.41, 5.74) is -0.750. The molecule has 0 saturated carbocycles. The van der Waals surface area contributed by atoms with Crippen LogP contribution in [0.3, 0.4) is 0 Å². The molecular weight excluding hydrogens is 341 g/mol. The van der Waals surface area contributed by atoms with Crippen LogP contribution in [0.2, 0.25) is 0 Å². The highest BCUT2D eigenvalue weighted by Crippen LogP contribution is 2.35. The molecule has 1 unspecified atom stereocenters. The quantitative estimate of drug-likeness (QED) is 0.813. The van der Waals surface area contributed by atoms with Gasteiger partial charge >= 0.3 is 6.18 Å². The Hall–Kier alpha value is -1.41. The molecule has 0 aromatic heterocycles. The summed E-state index contributed by atoms with van der Waals surface area (Å²) < 4.78 is 44.1. The van der Waals surface area contributed by atoms with Gasteiger partial charge in [0.25, 0.3) is 0 Å². The fourth-order valence-corrected chi connectivity index (χ4v) is 3.27. The van der Waals surface area contributed by atoms with Crippen molar-refractivity contribution in [2.24, 2.45) is 0 Å². The van der Waals surface area contributed by atoms with Gasteiger partial charge in [0, 0.05) is 30.5 Å². The van der Waals surface area contributed by atoms with E-state index >= 15 is 0 Å². The lowest BCUT2D eigenvalue weighted by Crippen LogP contribution is -2.39. The van der Waals surface area contributed by atoms with E-state index in [0.29, 0.717) is 6.61 Å². The second kappa shape index (κ2) is 8.62. The third kappa shape index (κ3) is 5.59. The summed E-state index contributed by atoms with van der Waals surface area (Å²) in [6, 6.07) is 3.17. The maximum atomic E-state index is 12.9. The van der Waals surface area contributed by atoms with Gasteiger partial charge in [-0.2, -0.15) is 24.9 Å². The summed E-state index contributed by atoms with van der Waals surface area (Å²) in [5.74, 6) is 1.75. The normalized spacial score (nSPS) is 18.2. The largest absolute Gasteiger partial charge is 0.491 e. The molecule has 1 aromatic rings. The average molecular weight is 362 g/mol. The van der Waals surface area contributed by atoms with Crippen molar-refractivity contribution in [3.05, 3.63) is 23.8 Å². The molecule has 1 saturated heterocycles. The smallest absolute Gasteiger partial charge is 0.416 e. The monoisotopic (exact) mass is 362 g/mol. The van der Waals surface area contributed by atoms with Gasteiger partial charge in [-0.15, -0.1) is 0 Å². The van der Waals surface area contributed by atoms with Crippen molar-refractivity contribution in [2.45, 2.75) is 32.0 Å². The number of carbonyl (C=O) groups is 1. The van der Waals surface area contributed by atoms with E-state index in [9.17, 15) is 18.0 Å². The fraction of sp³-hybridized carbons (Fsp3) is 0.562. The van der Waals surface area contributed by atoms with Crippen molar-refractivity contribution in [3.63, 3.8) is 0 Å². The Morgan fingerprint density at radius 2 is 2.25 bits per heavy atom. The van der Waals surface area contributed by atoms with Gasteiger partial charge in [-0.1, -0.05) is 6.92 Å². The number of benzene rings is 1. The van der Waals surface area contributed by atoms with E-state index in [1.165, 1.54) is 6.07 Å². The van der Waals surface area contributed by atoms with Crippen LogP contribution in [-0.2, 0) is 11.0 Å². The van der Waals surface area contributed by atoms with Crippen LogP contribution in [0.5, 0.6) is 5.75 Å². The predicted molar refractivity (Wildman–Crippen MR) is 89.6 cm³/mol. The molecule has 24 heavy (non-hydrogen) atoms. The van der Waals surface area contributed by atoms with Crippen LogP contribution in [0.25, 0.3) is 0 Å². The molecule has 134 valence electrons. The Bertz CT molecular complexity index is 561. The van der Waals surface area contributed by atoms with Crippen molar-refractivity contribution in [1.29, 1.82) is 0 Å². The highest BCUT2D eigenvalue weighted by molar-refractivity contribution is 7.99. The molecule has 1 aromatic carbocycles. The summed E-state index contributed by atoms with van der Waals surface area (Å²) in [7, 11) is 0. The van der Waals surface area contributed by atoms with E-state index in [4.69, 9.17) is 4.74 Å². The Morgan fingerprint density at radius 1 is 1.46 bits per heavy atom. The minimum absolute atomic E-state index is 0.0366. The molecule has 1 aliphatic rings. The molecule has 0 radical (unpaired) electrons. The average Bonchev–Trinajstić information content (AvgIpc) is 2.53. The number of anilines is 1. The van der Waals surface area contributed by atoms with Gasteiger partial charge < -0.3 is 15.4 Å². The minimum Gasteiger partial charge on any atom is -0.491 e. The molecule has 1 heterocycles. The third-order valence-corrected chi connectivity index (χ3v) is 4.60. The van der Waals surface area contributed by atoms with Gasteiger partial charge in [0.05, 0.1) is 17.9 Å². The highest BCUT2D eigenvalue weighted by Gasteiger charge is 2.31. The number of ether oxygens (including phenoxy) is 1. The lowest BCUT2D eigenvalue weighted by molar-refractivity contribution is -0.137. The van der Waals surface area contributed by atoms with Crippen LogP contribution in [-0.4, -0.2) is 36.6 Å². The lowest BCUT2D eigenvalue weighted by atomic mass is 10.1.